The maximum Gasteiger partial charge on any atom is 0.235 e. The summed E-state index contributed by atoms with van der Waals surface area (Å²) >= 11 is 3.09. The standard InChI is InChI=1S/C11H14BrNO2/c1-8(2)15-10-5-3-4-9(6-10)13-11(14)7-12/h3-6,8H,7H2,1-2H3,(H,13,14). The molecular formula is C11H14BrNO2. The number of hydrogen-bond acceptors (Lipinski definition) is 2. The van der Waals surface area contributed by atoms with Crippen molar-refractivity contribution < 1.29 is 9.53 Å². The van der Waals surface area contributed by atoms with Crippen molar-refractivity contribution >= 4 is 27.5 Å². The van der Waals surface area contributed by atoms with Gasteiger partial charge in [0.25, 0.3) is 0 Å². The van der Waals surface area contributed by atoms with Crippen LogP contribution in [0.3, 0.4) is 0 Å². The molecule has 1 rings (SSSR count). The topological polar surface area (TPSA) is 38.3 Å². The normalized spacial score (nSPS) is 10.1. The molecule has 1 aromatic rings. The molecule has 0 heterocycles. The molecule has 3 nitrogen and oxygen atoms in total. The monoisotopic (exact) mass is 271 g/mol. The summed E-state index contributed by atoms with van der Waals surface area (Å²) < 4.78 is 5.51. The number of carbonyl (C=O) groups is 1. The number of hydrogen-bond donors (Lipinski definition) is 1. The molecule has 0 aliphatic rings. The first-order valence-electron chi connectivity index (χ1n) is 4.74. The van der Waals surface area contributed by atoms with Gasteiger partial charge in [-0.05, 0) is 26.0 Å². The van der Waals surface area contributed by atoms with Gasteiger partial charge in [-0.25, -0.2) is 0 Å². The predicted octanol–water partition coefficient (Wildman–Crippen LogP) is 2.81. The lowest BCUT2D eigenvalue weighted by molar-refractivity contribution is -0.113. The average Bonchev–Trinajstić information content (AvgIpc) is 2.17. The Morgan fingerprint density at radius 3 is 2.87 bits per heavy atom. The smallest absolute Gasteiger partial charge is 0.235 e. The van der Waals surface area contributed by atoms with Crippen molar-refractivity contribution in [1.29, 1.82) is 0 Å². The molecule has 1 N–H and O–H groups in total. The summed E-state index contributed by atoms with van der Waals surface area (Å²) in [6, 6.07) is 7.35. The third-order valence-electron chi connectivity index (χ3n) is 1.61. The highest BCUT2D eigenvalue weighted by Gasteiger charge is 2.02. The minimum Gasteiger partial charge on any atom is -0.491 e. The molecule has 0 fully saturated rings. The Kier molecular flexibility index (Phi) is 4.62. The molecule has 82 valence electrons. The average molecular weight is 272 g/mol. The largest absolute Gasteiger partial charge is 0.491 e. The van der Waals surface area contributed by atoms with Gasteiger partial charge in [0, 0.05) is 11.8 Å². The van der Waals surface area contributed by atoms with E-state index in [-0.39, 0.29) is 12.0 Å². The lowest BCUT2D eigenvalue weighted by Crippen LogP contribution is -2.12. The maximum absolute atomic E-state index is 11.1. The summed E-state index contributed by atoms with van der Waals surface area (Å²) in [6.07, 6.45) is 0.132. The van der Waals surface area contributed by atoms with Crippen LogP contribution in [-0.4, -0.2) is 17.3 Å². The molecule has 0 unspecified atom stereocenters. The van der Waals surface area contributed by atoms with Crippen molar-refractivity contribution in [2.45, 2.75) is 20.0 Å². The Morgan fingerprint density at radius 1 is 1.53 bits per heavy atom. The summed E-state index contributed by atoms with van der Waals surface area (Å²) in [4.78, 5) is 11.1. The summed E-state index contributed by atoms with van der Waals surface area (Å²) in [7, 11) is 0. The second-order valence-electron chi connectivity index (χ2n) is 3.38. The fourth-order valence-corrected chi connectivity index (χ4v) is 1.25. The van der Waals surface area contributed by atoms with Crippen molar-refractivity contribution in [3.8, 4) is 5.75 Å². The van der Waals surface area contributed by atoms with E-state index in [2.05, 4.69) is 21.2 Å². The molecule has 15 heavy (non-hydrogen) atoms. The van der Waals surface area contributed by atoms with Crippen molar-refractivity contribution in [3.05, 3.63) is 24.3 Å². The van der Waals surface area contributed by atoms with Crippen molar-refractivity contribution in [2.24, 2.45) is 0 Å². The summed E-state index contributed by atoms with van der Waals surface area (Å²) in [5.41, 5.74) is 0.748. The van der Waals surface area contributed by atoms with Gasteiger partial charge in [0.05, 0.1) is 11.4 Å². The van der Waals surface area contributed by atoms with E-state index in [9.17, 15) is 4.79 Å². The van der Waals surface area contributed by atoms with Gasteiger partial charge in [0.2, 0.25) is 5.91 Å². The minimum atomic E-state index is -0.0725. The zero-order chi connectivity index (χ0) is 11.3. The highest BCUT2D eigenvalue weighted by molar-refractivity contribution is 9.09. The zero-order valence-corrected chi connectivity index (χ0v) is 10.4. The second kappa shape index (κ2) is 5.75. The van der Waals surface area contributed by atoms with Crippen molar-refractivity contribution in [3.63, 3.8) is 0 Å². The Balaban J connectivity index is 2.69. The number of halogens is 1. The van der Waals surface area contributed by atoms with Gasteiger partial charge in [0.15, 0.2) is 0 Å². The molecule has 0 aliphatic heterocycles. The van der Waals surface area contributed by atoms with Crippen LogP contribution in [0.1, 0.15) is 13.8 Å². The molecule has 0 saturated heterocycles. The van der Waals surface area contributed by atoms with E-state index in [4.69, 9.17) is 4.74 Å². The molecule has 1 amide bonds. The number of anilines is 1. The number of benzene rings is 1. The lowest BCUT2D eigenvalue weighted by Gasteiger charge is -2.11. The van der Waals surface area contributed by atoms with Gasteiger partial charge in [-0.3, -0.25) is 4.79 Å². The third kappa shape index (κ3) is 4.34. The van der Waals surface area contributed by atoms with Gasteiger partial charge >= 0.3 is 0 Å². The van der Waals surface area contributed by atoms with Gasteiger partial charge in [-0.1, -0.05) is 22.0 Å². The van der Waals surface area contributed by atoms with Gasteiger partial charge in [-0.15, -0.1) is 0 Å². The van der Waals surface area contributed by atoms with Crippen molar-refractivity contribution in [1.82, 2.24) is 0 Å². The molecule has 4 heteroatoms. The Labute approximate surface area is 97.9 Å². The van der Waals surface area contributed by atoms with Crippen LogP contribution in [0.15, 0.2) is 24.3 Å². The molecule has 0 aliphatic carbocycles. The van der Waals surface area contributed by atoms with Crippen LogP contribution in [0, 0.1) is 0 Å². The van der Waals surface area contributed by atoms with Crippen molar-refractivity contribution in [2.75, 3.05) is 10.6 Å². The van der Waals surface area contributed by atoms with E-state index < -0.39 is 0 Å². The first-order valence-corrected chi connectivity index (χ1v) is 5.86. The predicted molar refractivity (Wildman–Crippen MR) is 64.6 cm³/mol. The Bertz CT molecular complexity index is 339. The Morgan fingerprint density at radius 2 is 2.27 bits per heavy atom. The SMILES string of the molecule is CC(C)Oc1cccc(NC(=O)CBr)c1. The lowest BCUT2D eigenvalue weighted by atomic mass is 10.3. The number of amides is 1. The summed E-state index contributed by atoms with van der Waals surface area (Å²) in [6.45, 7) is 3.92. The summed E-state index contributed by atoms with van der Waals surface area (Å²) in [5.74, 6) is 0.689. The highest BCUT2D eigenvalue weighted by atomic mass is 79.9. The number of alkyl halides is 1. The van der Waals surface area contributed by atoms with Crippen LogP contribution < -0.4 is 10.1 Å². The molecule has 0 atom stereocenters. The second-order valence-corrected chi connectivity index (χ2v) is 3.94. The van der Waals surface area contributed by atoms with E-state index in [1.807, 2.05) is 32.0 Å². The molecule has 0 radical (unpaired) electrons. The van der Waals surface area contributed by atoms with Gasteiger partial charge < -0.3 is 10.1 Å². The van der Waals surface area contributed by atoms with E-state index in [0.717, 1.165) is 11.4 Å². The first-order chi connectivity index (χ1) is 7.11. The zero-order valence-electron chi connectivity index (χ0n) is 8.79. The molecule has 0 bridgehead atoms. The molecule has 0 aromatic heterocycles. The summed E-state index contributed by atoms with van der Waals surface area (Å²) in [5, 5.41) is 3.03. The quantitative estimate of drug-likeness (QED) is 0.856. The number of carbonyl (C=O) groups excluding carboxylic acids is 1. The fraction of sp³-hybridized carbons (Fsp3) is 0.364. The fourth-order valence-electron chi connectivity index (χ4n) is 1.11. The van der Waals surface area contributed by atoms with Crippen LogP contribution in [-0.2, 0) is 4.79 Å². The first kappa shape index (κ1) is 12.0. The maximum atomic E-state index is 11.1. The van der Waals surface area contributed by atoms with E-state index in [1.54, 1.807) is 6.07 Å². The van der Waals surface area contributed by atoms with E-state index in [0.29, 0.717) is 5.33 Å². The van der Waals surface area contributed by atoms with Crippen LogP contribution in [0.25, 0.3) is 0 Å². The Hall–Kier alpha value is -1.03. The van der Waals surface area contributed by atoms with Crippen LogP contribution in [0.2, 0.25) is 0 Å². The molecule has 1 aromatic carbocycles. The molecular weight excluding hydrogens is 258 g/mol. The molecule has 0 spiro atoms. The van der Waals surface area contributed by atoms with Crippen LogP contribution >= 0.6 is 15.9 Å². The minimum absolute atomic E-state index is 0.0725. The van der Waals surface area contributed by atoms with Crippen LogP contribution in [0.4, 0.5) is 5.69 Å². The van der Waals surface area contributed by atoms with E-state index in [1.165, 1.54) is 0 Å². The highest BCUT2D eigenvalue weighted by Crippen LogP contribution is 2.18. The number of nitrogens with one attached hydrogen (secondary N) is 1. The van der Waals surface area contributed by atoms with Crippen LogP contribution in [0.5, 0.6) is 5.75 Å². The number of rotatable bonds is 4. The number of ether oxygens (including phenoxy) is 1. The third-order valence-corrected chi connectivity index (χ3v) is 2.12. The van der Waals surface area contributed by atoms with Gasteiger partial charge in [-0.2, -0.15) is 0 Å². The van der Waals surface area contributed by atoms with Gasteiger partial charge in [0.1, 0.15) is 5.75 Å². The molecule has 0 saturated carbocycles. The van der Waals surface area contributed by atoms with E-state index >= 15 is 0 Å².